The van der Waals surface area contributed by atoms with E-state index < -0.39 is 0 Å². The maximum Gasteiger partial charge on any atom is 0.262 e. The normalized spacial score (nSPS) is 15.8. The van der Waals surface area contributed by atoms with Gasteiger partial charge in [0.1, 0.15) is 5.65 Å². The summed E-state index contributed by atoms with van der Waals surface area (Å²) >= 11 is 0. The molecule has 0 radical (unpaired) electrons. The number of anilines is 2. The molecule has 8 nitrogen and oxygen atoms in total. The van der Waals surface area contributed by atoms with E-state index in [9.17, 15) is 4.79 Å². The van der Waals surface area contributed by atoms with Crippen LogP contribution in [0.3, 0.4) is 0 Å². The van der Waals surface area contributed by atoms with Crippen molar-refractivity contribution in [2.75, 3.05) is 43.9 Å². The molecular weight excluding hydrogens is 546 g/mol. The number of aromatic amines is 1. The number of fused-ring (bicyclic) bond motifs is 2. The number of likely N-dealkylation sites (N-methyl/N-ethyl adjacent to an activating group) is 1. The fraction of sp³-hybridized carbons (Fsp3) is 0.250. The Morgan fingerprint density at radius 1 is 0.886 bits per heavy atom. The van der Waals surface area contributed by atoms with Crippen molar-refractivity contribution in [2.24, 2.45) is 0 Å². The number of piperazine rings is 1. The summed E-state index contributed by atoms with van der Waals surface area (Å²) in [4.78, 5) is 31.2. The van der Waals surface area contributed by atoms with E-state index in [-0.39, 0.29) is 11.5 Å². The number of hydrogen-bond acceptors (Lipinski definition) is 6. The standard InChI is InChI=1S/C36H35N7O/c1-22-28(4-3-5-32(22)43-15-14-26-20-25(23-6-7-23)10-13-29(26)35(43)44)33-30-21-31(38-34(30)40-36(37)39-33)24-8-11-27(12-9-24)42-18-16-41(2)17-19-42/h3-5,8-15,20-21,23H,6-7,16-19H2,1-2H3,(H3,37,38,39,40). The van der Waals surface area contributed by atoms with Crippen LogP contribution in [0.2, 0.25) is 0 Å². The zero-order valence-electron chi connectivity index (χ0n) is 25.0. The lowest BCUT2D eigenvalue weighted by atomic mass is 10.0. The summed E-state index contributed by atoms with van der Waals surface area (Å²) in [5, 5.41) is 2.60. The van der Waals surface area contributed by atoms with E-state index in [2.05, 4.69) is 69.3 Å². The summed E-state index contributed by atoms with van der Waals surface area (Å²) in [7, 11) is 2.17. The first kappa shape index (κ1) is 26.7. The number of benzene rings is 3. The summed E-state index contributed by atoms with van der Waals surface area (Å²) in [6, 6.07) is 25.1. The fourth-order valence-corrected chi connectivity index (χ4v) is 6.57. The van der Waals surface area contributed by atoms with Gasteiger partial charge in [-0.2, -0.15) is 4.98 Å². The van der Waals surface area contributed by atoms with Gasteiger partial charge in [0.15, 0.2) is 0 Å². The van der Waals surface area contributed by atoms with Gasteiger partial charge in [0.2, 0.25) is 5.95 Å². The van der Waals surface area contributed by atoms with Crippen LogP contribution >= 0.6 is 0 Å². The van der Waals surface area contributed by atoms with Crippen molar-refractivity contribution >= 4 is 33.4 Å². The summed E-state index contributed by atoms with van der Waals surface area (Å²) in [5.41, 5.74) is 14.9. The molecule has 220 valence electrons. The van der Waals surface area contributed by atoms with E-state index >= 15 is 0 Å². The number of nitrogens with zero attached hydrogens (tertiary/aromatic N) is 5. The Labute approximate surface area is 255 Å². The Balaban J connectivity index is 1.17. The van der Waals surface area contributed by atoms with Crippen LogP contribution in [0.25, 0.3) is 50.0 Å². The first-order valence-electron chi connectivity index (χ1n) is 15.4. The third kappa shape index (κ3) is 4.62. The quantitative estimate of drug-likeness (QED) is 0.255. The van der Waals surface area contributed by atoms with Gasteiger partial charge in [-0.05, 0) is 91.2 Å². The van der Waals surface area contributed by atoms with E-state index in [4.69, 9.17) is 10.7 Å². The molecule has 0 unspecified atom stereocenters. The van der Waals surface area contributed by atoms with E-state index in [0.717, 1.165) is 76.1 Å². The van der Waals surface area contributed by atoms with Crippen molar-refractivity contribution in [1.29, 1.82) is 0 Å². The maximum absolute atomic E-state index is 13.7. The van der Waals surface area contributed by atoms with Crippen molar-refractivity contribution in [2.45, 2.75) is 25.7 Å². The number of H-pyrrole nitrogens is 1. The Hall–Kier alpha value is -4.95. The Kier molecular flexibility index (Phi) is 6.27. The van der Waals surface area contributed by atoms with Crippen LogP contribution in [0.4, 0.5) is 11.6 Å². The SMILES string of the molecule is Cc1c(-c2nc(N)nc3[nH]c(-c4ccc(N5CCN(C)CC5)cc4)cc23)cccc1-n1ccc2cc(C3CC3)ccc2c1=O. The van der Waals surface area contributed by atoms with Crippen LogP contribution in [0.5, 0.6) is 0 Å². The predicted molar refractivity (Wildman–Crippen MR) is 179 cm³/mol. The molecule has 3 aromatic carbocycles. The molecular formula is C36H35N7O. The lowest BCUT2D eigenvalue weighted by Gasteiger charge is -2.34. The summed E-state index contributed by atoms with van der Waals surface area (Å²) in [5.74, 6) is 0.846. The number of nitrogen functional groups attached to an aromatic ring is 1. The van der Waals surface area contributed by atoms with Crippen molar-refractivity contribution in [1.82, 2.24) is 24.4 Å². The van der Waals surface area contributed by atoms with E-state index in [0.29, 0.717) is 11.6 Å². The third-order valence-electron chi connectivity index (χ3n) is 9.35. The maximum atomic E-state index is 13.7. The minimum absolute atomic E-state index is 0.0265. The second kappa shape index (κ2) is 10.3. The molecule has 8 rings (SSSR count). The third-order valence-corrected chi connectivity index (χ3v) is 9.35. The second-order valence-electron chi connectivity index (χ2n) is 12.3. The second-order valence-corrected chi connectivity index (χ2v) is 12.3. The van der Waals surface area contributed by atoms with Gasteiger partial charge in [-0.1, -0.05) is 36.4 Å². The molecule has 0 atom stereocenters. The lowest BCUT2D eigenvalue weighted by Crippen LogP contribution is -2.44. The first-order chi connectivity index (χ1) is 21.4. The summed E-state index contributed by atoms with van der Waals surface area (Å²) in [6.45, 7) is 6.25. The Morgan fingerprint density at radius 3 is 2.45 bits per heavy atom. The molecule has 4 heterocycles. The first-order valence-corrected chi connectivity index (χ1v) is 15.4. The molecule has 6 aromatic rings. The van der Waals surface area contributed by atoms with Crippen LogP contribution in [0.1, 0.15) is 29.9 Å². The fourth-order valence-electron chi connectivity index (χ4n) is 6.57. The minimum Gasteiger partial charge on any atom is -0.369 e. The lowest BCUT2D eigenvalue weighted by molar-refractivity contribution is 0.313. The van der Waals surface area contributed by atoms with Gasteiger partial charge in [-0.15, -0.1) is 0 Å². The molecule has 44 heavy (non-hydrogen) atoms. The van der Waals surface area contributed by atoms with Crippen LogP contribution in [0, 0.1) is 6.92 Å². The predicted octanol–water partition coefficient (Wildman–Crippen LogP) is 6.12. The van der Waals surface area contributed by atoms with Crippen molar-refractivity contribution in [3.63, 3.8) is 0 Å². The summed E-state index contributed by atoms with van der Waals surface area (Å²) in [6.07, 6.45) is 4.36. The van der Waals surface area contributed by atoms with E-state index in [1.54, 1.807) is 4.57 Å². The van der Waals surface area contributed by atoms with E-state index in [1.807, 2.05) is 43.5 Å². The topological polar surface area (TPSA) is 96.1 Å². The molecule has 1 saturated carbocycles. The molecule has 1 saturated heterocycles. The number of rotatable bonds is 5. The molecule has 8 heteroatoms. The molecule has 1 aliphatic heterocycles. The molecule has 0 amide bonds. The van der Waals surface area contributed by atoms with Crippen LogP contribution in [-0.2, 0) is 0 Å². The van der Waals surface area contributed by atoms with Gasteiger partial charge >= 0.3 is 0 Å². The molecule has 3 N–H and O–H groups in total. The average Bonchev–Trinajstić information content (AvgIpc) is 3.80. The number of hydrogen-bond donors (Lipinski definition) is 2. The highest BCUT2D eigenvalue weighted by Crippen LogP contribution is 2.41. The molecule has 1 aliphatic carbocycles. The molecule has 2 fully saturated rings. The largest absolute Gasteiger partial charge is 0.369 e. The number of pyridine rings is 1. The van der Waals surface area contributed by atoms with Crippen LogP contribution in [-0.4, -0.2) is 57.6 Å². The number of aromatic nitrogens is 4. The molecule has 0 bridgehead atoms. The molecule has 0 spiro atoms. The Morgan fingerprint density at radius 2 is 1.68 bits per heavy atom. The van der Waals surface area contributed by atoms with Crippen molar-refractivity contribution in [3.8, 4) is 28.2 Å². The van der Waals surface area contributed by atoms with Gasteiger partial charge in [0.25, 0.3) is 5.56 Å². The van der Waals surface area contributed by atoms with Crippen molar-refractivity contribution < 1.29 is 0 Å². The van der Waals surface area contributed by atoms with Gasteiger partial charge in [0, 0.05) is 60.1 Å². The average molecular weight is 582 g/mol. The molecule has 3 aromatic heterocycles. The molecule has 2 aliphatic rings. The number of nitrogens with one attached hydrogen (secondary N) is 1. The van der Waals surface area contributed by atoms with Gasteiger partial charge in [-0.25, -0.2) is 4.98 Å². The van der Waals surface area contributed by atoms with E-state index in [1.165, 1.54) is 24.1 Å². The zero-order valence-corrected chi connectivity index (χ0v) is 25.0. The van der Waals surface area contributed by atoms with Gasteiger partial charge < -0.3 is 20.5 Å². The smallest absolute Gasteiger partial charge is 0.262 e. The minimum atomic E-state index is -0.0265. The van der Waals surface area contributed by atoms with Crippen molar-refractivity contribution in [3.05, 3.63) is 100 Å². The van der Waals surface area contributed by atoms with Gasteiger partial charge in [0.05, 0.1) is 11.4 Å². The zero-order chi connectivity index (χ0) is 29.9. The number of nitrogens with two attached hydrogens (primary N) is 1. The van der Waals surface area contributed by atoms with Gasteiger partial charge in [-0.3, -0.25) is 9.36 Å². The summed E-state index contributed by atoms with van der Waals surface area (Å²) < 4.78 is 1.74. The van der Waals surface area contributed by atoms with Crippen LogP contribution < -0.4 is 16.2 Å². The Bertz CT molecular complexity index is 2100. The highest BCUT2D eigenvalue weighted by atomic mass is 16.1. The van der Waals surface area contributed by atoms with Crippen LogP contribution in [0.15, 0.2) is 83.8 Å². The highest BCUT2D eigenvalue weighted by molar-refractivity contribution is 5.96. The monoisotopic (exact) mass is 581 g/mol. The highest BCUT2D eigenvalue weighted by Gasteiger charge is 2.24.